The first-order chi connectivity index (χ1) is 17.3. The minimum absolute atomic E-state index is 0.114. The molecule has 1 aliphatic heterocycles. The SMILES string of the molecule is CCCN(CC(=O)N1CCc2sccc2C1COc1ccccc1OC)S(=O)(=O)c1ccc(Cl)cc1. The van der Waals surface area contributed by atoms with E-state index in [0.29, 0.717) is 29.5 Å². The van der Waals surface area contributed by atoms with Gasteiger partial charge in [0.15, 0.2) is 11.5 Å². The van der Waals surface area contributed by atoms with E-state index < -0.39 is 10.0 Å². The van der Waals surface area contributed by atoms with Crippen LogP contribution in [0.5, 0.6) is 11.5 Å². The molecule has 1 aromatic heterocycles. The van der Waals surface area contributed by atoms with E-state index in [1.807, 2.05) is 42.6 Å². The van der Waals surface area contributed by atoms with E-state index >= 15 is 0 Å². The van der Waals surface area contributed by atoms with E-state index in [2.05, 4.69) is 0 Å². The average molecular weight is 549 g/mol. The van der Waals surface area contributed by atoms with Crippen LogP contribution in [0.15, 0.2) is 64.9 Å². The molecule has 0 saturated carbocycles. The smallest absolute Gasteiger partial charge is 0.243 e. The van der Waals surface area contributed by atoms with Gasteiger partial charge in [-0.25, -0.2) is 8.42 Å². The number of fused-ring (bicyclic) bond motifs is 1. The van der Waals surface area contributed by atoms with Crippen molar-refractivity contribution < 1.29 is 22.7 Å². The summed E-state index contributed by atoms with van der Waals surface area (Å²) >= 11 is 7.60. The fourth-order valence-electron chi connectivity index (χ4n) is 4.31. The van der Waals surface area contributed by atoms with Crippen molar-refractivity contribution in [2.45, 2.75) is 30.7 Å². The number of carbonyl (C=O) groups excluding carboxylic acids is 1. The van der Waals surface area contributed by atoms with Gasteiger partial charge in [-0.3, -0.25) is 4.79 Å². The number of methoxy groups -OCH3 is 1. The third-order valence-corrected chi connectivity index (χ3v) is 9.22. The molecule has 0 spiro atoms. The van der Waals surface area contributed by atoms with Crippen LogP contribution in [-0.2, 0) is 21.2 Å². The quantitative estimate of drug-likeness (QED) is 0.356. The molecule has 1 aliphatic rings. The number of para-hydroxylation sites is 2. The fraction of sp³-hybridized carbons (Fsp3) is 0.346. The molecule has 192 valence electrons. The van der Waals surface area contributed by atoms with Gasteiger partial charge in [0.1, 0.15) is 6.61 Å². The number of carbonyl (C=O) groups is 1. The summed E-state index contributed by atoms with van der Waals surface area (Å²) in [5.74, 6) is 0.944. The molecule has 0 N–H and O–H groups in total. The number of sulfonamides is 1. The molecule has 1 atom stereocenters. The lowest BCUT2D eigenvalue weighted by molar-refractivity contribution is -0.135. The molecule has 4 rings (SSSR count). The predicted octanol–water partition coefficient (Wildman–Crippen LogP) is 5.02. The summed E-state index contributed by atoms with van der Waals surface area (Å²) in [6.07, 6.45) is 1.30. The van der Waals surface area contributed by atoms with Gasteiger partial charge in [-0.1, -0.05) is 30.7 Å². The van der Waals surface area contributed by atoms with Crippen molar-refractivity contribution >= 4 is 38.9 Å². The molecule has 0 fully saturated rings. The maximum atomic E-state index is 13.6. The molecule has 10 heteroatoms. The summed E-state index contributed by atoms with van der Waals surface area (Å²) < 4.78 is 39.5. The van der Waals surface area contributed by atoms with Crippen LogP contribution in [0.1, 0.15) is 29.8 Å². The second kappa shape index (κ2) is 11.6. The highest BCUT2D eigenvalue weighted by atomic mass is 35.5. The number of thiophene rings is 1. The predicted molar refractivity (Wildman–Crippen MR) is 141 cm³/mol. The van der Waals surface area contributed by atoms with Gasteiger partial charge in [0.2, 0.25) is 15.9 Å². The highest BCUT2D eigenvalue weighted by Gasteiger charge is 2.35. The minimum atomic E-state index is -3.86. The Morgan fingerprint density at radius 3 is 2.56 bits per heavy atom. The Morgan fingerprint density at radius 2 is 1.86 bits per heavy atom. The van der Waals surface area contributed by atoms with Gasteiger partial charge < -0.3 is 14.4 Å². The topological polar surface area (TPSA) is 76.2 Å². The monoisotopic (exact) mass is 548 g/mol. The molecule has 0 bridgehead atoms. The van der Waals surface area contributed by atoms with Gasteiger partial charge in [-0.05, 0) is 66.2 Å². The highest BCUT2D eigenvalue weighted by molar-refractivity contribution is 7.89. The number of benzene rings is 2. The molecule has 1 amide bonds. The van der Waals surface area contributed by atoms with Crippen LogP contribution in [0.25, 0.3) is 0 Å². The summed E-state index contributed by atoms with van der Waals surface area (Å²) in [4.78, 5) is 16.7. The molecular weight excluding hydrogens is 520 g/mol. The summed E-state index contributed by atoms with van der Waals surface area (Å²) in [7, 11) is -2.28. The Bertz CT molecular complexity index is 1290. The summed E-state index contributed by atoms with van der Waals surface area (Å²) in [6, 6.07) is 15.1. The largest absolute Gasteiger partial charge is 0.493 e. The van der Waals surface area contributed by atoms with Crippen molar-refractivity contribution in [2.24, 2.45) is 0 Å². The minimum Gasteiger partial charge on any atom is -0.493 e. The summed E-state index contributed by atoms with van der Waals surface area (Å²) in [5.41, 5.74) is 1.04. The van der Waals surface area contributed by atoms with Crippen LogP contribution in [0.4, 0.5) is 0 Å². The summed E-state index contributed by atoms with van der Waals surface area (Å²) in [5, 5.41) is 2.47. The fourth-order valence-corrected chi connectivity index (χ4v) is 6.85. The Balaban J connectivity index is 1.57. The molecule has 0 saturated heterocycles. The maximum absolute atomic E-state index is 13.6. The first-order valence-corrected chi connectivity index (χ1v) is 14.4. The van der Waals surface area contributed by atoms with E-state index in [-0.39, 0.29) is 36.5 Å². The van der Waals surface area contributed by atoms with Gasteiger partial charge in [0.25, 0.3) is 0 Å². The number of nitrogens with zero attached hydrogens (tertiary/aromatic N) is 2. The first-order valence-electron chi connectivity index (χ1n) is 11.7. The lowest BCUT2D eigenvalue weighted by Crippen LogP contribution is -2.48. The third-order valence-electron chi connectivity index (χ3n) is 6.12. The van der Waals surface area contributed by atoms with Crippen LogP contribution in [-0.4, -0.2) is 56.9 Å². The second-order valence-corrected chi connectivity index (χ2v) is 11.8. The number of amides is 1. The first kappa shape index (κ1) is 26.5. The van der Waals surface area contributed by atoms with Gasteiger partial charge in [-0.15, -0.1) is 11.3 Å². The molecule has 0 aliphatic carbocycles. The van der Waals surface area contributed by atoms with Crippen LogP contribution in [0.3, 0.4) is 0 Å². The van der Waals surface area contributed by atoms with Crippen molar-refractivity contribution in [3.63, 3.8) is 0 Å². The molecule has 3 aromatic rings. The van der Waals surface area contributed by atoms with Crippen molar-refractivity contribution in [1.82, 2.24) is 9.21 Å². The molecule has 36 heavy (non-hydrogen) atoms. The van der Waals surface area contributed by atoms with E-state index in [1.54, 1.807) is 23.3 Å². The van der Waals surface area contributed by atoms with Crippen molar-refractivity contribution in [2.75, 3.05) is 33.4 Å². The lowest BCUT2D eigenvalue weighted by Gasteiger charge is -2.37. The average Bonchev–Trinajstić information content (AvgIpc) is 3.36. The number of rotatable bonds is 10. The number of hydrogen-bond donors (Lipinski definition) is 0. The zero-order valence-corrected chi connectivity index (χ0v) is 22.6. The number of ether oxygens (including phenoxy) is 2. The molecule has 2 aromatic carbocycles. The zero-order valence-electron chi connectivity index (χ0n) is 20.2. The van der Waals surface area contributed by atoms with Gasteiger partial charge >= 0.3 is 0 Å². The number of hydrogen-bond acceptors (Lipinski definition) is 6. The zero-order chi connectivity index (χ0) is 25.7. The van der Waals surface area contributed by atoms with Crippen molar-refractivity contribution in [3.05, 3.63) is 75.4 Å². The Kier molecular flexibility index (Phi) is 8.56. The van der Waals surface area contributed by atoms with E-state index in [0.717, 1.165) is 12.0 Å². The van der Waals surface area contributed by atoms with E-state index in [9.17, 15) is 13.2 Å². The molecule has 0 radical (unpaired) electrons. The number of halogens is 1. The Morgan fingerprint density at radius 1 is 1.14 bits per heavy atom. The van der Waals surface area contributed by atoms with Crippen LogP contribution >= 0.6 is 22.9 Å². The summed E-state index contributed by atoms with van der Waals surface area (Å²) in [6.45, 7) is 2.60. The molecule has 2 heterocycles. The van der Waals surface area contributed by atoms with Gasteiger partial charge in [-0.2, -0.15) is 4.31 Å². The van der Waals surface area contributed by atoms with E-state index in [1.165, 1.54) is 33.4 Å². The molecule has 7 nitrogen and oxygen atoms in total. The standard InChI is InChI=1S/C26H29ClN2O5S2/c1-3-14-28(36(31,32)20-10-8-19(27)9-11-20)17-26(30)29-15-12-25-21(13-16-35-25)22(29)18-34-24-7-5-4-6-23(24)33-2/h4-11,13,16,22H,3,12,14-15,17-18H2,1-2H3. The van der Waals surface area contributed by atoms with Crippen LogP contribution < -0.4 is 9.47 Å². The van der Waals surface area contributed by atoms with Gasteiger partial charge in [0.05, 0.1) is 24.6 Å². The van der Waals surface area contributed by atoms with Crippen molar-refractivity contribution in [1.29, 1.82) is 0 Å². The van der Waals surface area contributed by atoms with Gasteiger partial charge in [0, 0.05) is 23.0 Å². The Labute approximate surface area is 221 Å². The molecular formula is C26H29ClN2O5S2. The molecule has 1 unspecified atom stereocenters. The normalized spacial score (nSPS) is 15.6. The third kappa shape index (κ3) is 5.70. The van der Waals surface area contributed by atoms with Crippen molar-refractivity contribution in [3.8, 4) is 11.5 Å². The van der Waals surface area contributed by atoms with Crippen LogP contribution in [0.2, 0.25) is 5.02 Å². The second-order valence-electron chi connectivity index (χ2n) is 8.41. The van der Waals surface area contributed by atoms with E-state index in [4.69, 9.17) is 21.1 Å². The maximum Gasteiger partial charge on any atom is 0.243 e. The van der Waals surface area contributed by atoms with Crippen LogP contribution in [0, 0.1) is 0 Å². The highest BCUT2D eigenvalue weighted by Crippen LogP contribution is 2.35. The lowest BCUT2D eigenvalue weighted by atomic mass is 10.0. The Hall–Kier alpha value is -2.59.